The Bertz CT molecular complexity index is 582. The van der Waals surface area contributed by atoms with Crippen LogP contribution in [0, 0.1) is 10.1 Å². The van der Waals surface area contributed by atoms with E-state index in [1.165, 1.54) is 12.1 Å². The minimum atomic E-state index is -0.400. The van der Waals surface area contributed by atoms with Gasteiger partial charge in [0.1, 0.15) is 5.75 Å². The van der Waals surface area contributed by atoms with Crippen LogP contribution in [-0.4, -0.2) is 11.5 Å². The molecule has 2 rings (SSSR count). The molecule has 0 unspecified atom stereocenters. The molecule has 0 atom stereocenters. The second-order valence-electron chi connectivity index (χ2n) is 4.24. The summed E-state index contributed by atoms with van der Waals surface area (Å²) >= 11 is 0. The predicted molar refractivity (Wildman–Crippen MR) is 78.0 cm³/mol. The summed E-state index contributed by atoms with van der Waals surface area (Å²) in [6.07, 6.45) is 0. The second kappa shape index (κ2) is 6.56. The van der Waals surface area contributed by atoms with Crippen molar-refractivity contribution in [3.63, 3.8) is 0 Å². The summed E-state index contributed by atoms with van der Waals surface area (Å²) < 4.78 is 5.43. The van der Waals surface area contributed by atoms with Crippen LogP contribution in [0.2, 0.25) is 0 Å². The molecule has 0 aromatic heterocycles. The van der Waals surface area contributed by atoms with E-state index in [-0.39, 0.29) is 5.69 Å². The van der Waals surface area contributed by atoms with Gasteiger partial charge in [-0.1, -0.05) is 18.2 Å². The van der Waals surface area contributed by atoms with Crippen LogP contribution in [0.1, 0.15) is 12.5 Å². The third-order valence-electron chi connectivity index (χ3n) is 2.79. The van der Waals surface area contributed by atoms with E-state index in [1.807, 2.05) is 31.2 Å². The highest BCUT2D eigenvalue weighted by atomic mass is 16.6. The van der Waals surface area contributed by atoms with E-state index in [4.69, 9.17) is 4.74 Å². The topological polar surface area (TPSA) is 64.4 Å². The zero-order valence-electron chi connectivity index (χ0n) is 11.2. The van der Waals surface area contributed by atoms with Crippen LogP contribution in [-0.2, 0) is 6.54 Å². The Morgan fingerprint density at radius 1 is 1.20 bits per heavy atom. The quantitative estimate of drug-likeness (QED) is 0.644. The zero-order chi connectivity index (χ0) is 14.4. The predicted octanol–water partition coefficient (Wildman–Crippen LogP) is 3.61. The molecule has 0 amide bonds. The highest BCUT2D eigenvalue weighted by molar-refractivity contribution is 5.48. The van der Waals surface area contributed by atoms with Crippen LogP contribution in [0.15, 0.2) is 48.5 Å². The van der Waals surface area contributed by atoms with Crippen LogP contribution in [0.4, 0.5) is 11.4 Å². The summed E-state index contributed by atoms with van der Waals surface area (Å²) in [6, 6.07) is 14.2. The fourth-order valence-electron chi connectivity index (χ4n) is 1.80. The Kier molecular flexibility index (Phi) is 4.55. The largest absolute Gasteiger partial charge is 0.494 e. The van der Waals surface area contributed by atoms with Gasteiger partial charge in [-0.2, -0.15) is 0 Å². The fraction of sp³-hybridized carbons (Fsp3) is 0.200. The molecule has 5 heteroatoms. The second-order valence-corrected chi connectivity index (χ2v) is 4.24. The van der Waals surface area contributed by atoms with E-state index in [1.54, 1.807) is 12.1 Å². The minimum Gasteiger partial charge on any atom is -0.494 e. The molecule has 0 spiro atoms. The SMILES string of the molecule is CCOc1cccc(NCc2ccc([N+](=O)[O-])cc2)c1. The normalized spacial score (nSPS) is 10.1. The van der Waals surface area contributed by atoms with Crippen LogP contribution in [0.25, 0.3) is 0 Å². The van der Waals surface area contributed by atoms with Crippen molar-refractivity contribution in [3.05, 3.63) is 64.2 Å². The van der Waals surface area contributed by atoms with Crippen LogP contribution in [0.3, 0.4) is 0 Å². The number of nitro groups is 1. The number of nitrogens with zero attached hydrogens (tertiary/aromatic N) is 1. The fourth-order valence-corrected chi connectivity index (χ4v) is 1.80. The number of rotatable bonds is 6. The molecule has 0 fully saturated rings. The summed E-state index contributed by atoms with van der Waals surface area (Å²) in [6.45, 7) is 3.18. The lowest BCUT2D eigenvalue weighted by Gasteiger charge is -2.09. The lowest BCUT2D eigenvalue weighted by atomic mass is 10.2. The van der Waals surface area contributed by atoms with Gasteiger partial charge in [0.05, 0.1) is 11.5 Å². The standard InChI is InChI=1S/C15H16N2O3/c1-2-20-15-5-3-4-13(10-15)16-11-12-6-8-14(9-7-12)17(18)19/h3-10,16H,2,11H2,1H3. The first-order chi connectivity index (χ1) is 9.69. The maximum Gasteiger partial charge on any atom is 0.269 e. The molecular formula is C15H16N2O3. The monoisotopic (exact) mass is 272 g/mol. The lowest BCUT2D eigenvalue weighted by Crippen LogP contribution is -2.00. The maximum absolute atomic E-state index is 10.6. The molecule has 20 heavy (non-hydrogen) atoms. The van der Waals surface area contributed by atoms with Crippen molar-refractivity contribution in [2.45, 2.75) is 13.5 Å². The van der Waals surface area contributed by atoms with Crippen molar-refractivity contribution in [2.24, 2.45) is 0 Å². The van der Waals surface area contributed by atoms with Crippen LogP contribution in [0.5, 0.6) is 5.75 Å². The minimum absolute atomic E-state index is 0.104. The van der Waals surface area contributed by atoms with E-state index in [0.29, 0.717) is 13.2 Å². The number of benzene rings is 2. The molecule has 0 aliphatic rings. The highest BCUT2D eigenvalue weighted by Crippen LogP contribution is 2.18. The van der Waals surface area contributed by atoms with Gasteiger partial charge in [0, 0.05) is 30.4 Å². The van der Waals surface area contributed by atoms with E-state index in [2.05, 4.69) is 5.32 Å². The number of non-ortho nitro benzene ring substituents is 1. The molecule has 104 valence electrons. The van der Waals surface area contributed by atoms with Crippen molar-refractivity contribution in [3.8, 4) is 5.75 Å². The van der Waals surface area contributed by atoms with Crippen molar-refractivity contribution >= 4 is 11.4 Å². The van der Waals surface area contributed by atoms with Gasteiger partial charge in [-0.05, 0) is 24.6 Å². The molecule has 0 aliphatic carbocycles. The lowest BCUT2D eigenvalue weighted by molar-refractivity contribution is -0.384. The summed E-state index contributed by atoms with van der Waals surface area (Å²) in [5.41, 5.74) is 2.04. The number of anilines is 1. The Hall–Kier alpha value is -2.56. The summed E-state index contributed by atoms with van der Waals surface area (Å²) in [4.78, 5) is 10.2. The molecule has 0 aliphatic heterocycles. The summed E-state index contributed by atoms with van der Waals surface area (Å²) in [7, 11) is 0. The number of hydrogen-bond acceptors (Lipinski definition) is 4. The Labute approximate surface area is 117 Å². The van der Waals surface area contributed by atoms with Gasteiger partial charge in [0.25, 0.3) is 5.69 Å². The molecular weight excluding hydrogens is 256 g/mol. The average Bonchev–Trinajstić information content (AvgIpc) is 2.46. The Morgan fingerprint density at radius 2 is 1.95 bits per heavy atom. The third-order valence-corrected chi connectivity index (χ3v) is 2.79. The van der Waals surface area contributed by atoms with Gasteiger partial charge < -0.3 is 10.1 Å². The number of ether oxygens (including phenoxy) is 1. The van der Waals surface area contributed by atoms with Crippen molar-refractivity contribution in [1.29, 1.82) is 0 Å². The van der Waals surface area contributed by atoms with E-state index in [0.717, 1.165) is 17.0 Å². The van der Waals surface area contributed by atoms with Gasteiger partial charge in [0.15, 0.2) is 0 Å². The molecule has 2 aromatic carbocycles. The molecule has 0 saturated carbocycles. The molecule has 0 bridgehead atoms. The first-order valence-corrected chi connectivity index (χ1v) is 6.39. The molecule has 5 nitrogen and oxygen atoms in total. The number of hydrogen-bond donors (Lipinski definition) is 1. The Balaban J connectivity index is 1.97. The van der Waals surface area contributed by atoms with Gasteiger partial charge in [-0.25, -0.2) is 0 Å². The average molecular weight is 272 g/mol. The number of nitro benzene ring substituents is 1. The van der Waals surface area contributed by atoms with Gasteiger partial charge in [-0.15, -0.1) is 0 Å². The third kappa shape index (κ3) is 3.71. The molecule has 0 saturated heterocycles. The van der Waals surface area contributed by atoms with Crippen molar-refractivity contribution < 1.29 is 9.66 Å². The molecule has 1 N–H and O–H groups in total. The van der Waals surface area contributed by atoms with Crippen LogP contribution >= 0.6 is 0 Å². The first kappa shape index (κ1) is 13.9. The van der Waals surface area contributed by atoms with Crippen molar-refractivity contribution in [2.75, 3.05) is 11.9 Å². The van der Waals surface area contributed by atoms with Gasteiger partial charge in [0.2, 0.25) is 0 Å². The van der Waals surface area contributed by atoms with E-state index < -0.39 is 4.92 Å². The van der Waals surface area contributed by atoms with E-state index in [9.17, 15) is 10.1 Å². The molecule has 0 heterocycles. The summed E-state index contributed by atoms with van der Waals surface area (Å²) in [5.74, 6) is 0.821. The van der Waals surface area contributed by atoms with E-state index >= 15 is 0 Å². The van der Waals surface area contributed by atoms with Gasteiger partial charge >= 0.3 is 0 Å². The highest BCUT2D eigenvalue weighted by Gasteiger charge is 2.03. The maximum atomic E-state index is 10.6. The molecule has 0 radical (unpaired) electrons. The van der Waals surface area contributed by atoms with Crippen LogP contribution < -0.4 is 10.1 Å². The number of nitrogens with one attached hydrogen (secondary N) is 1. The van der Waals surface area contributed by atoms with Crippen molar-refractivity contribution in [1.82, 2.24) is 0 Å². The first-order valence-electron chi connectivity index (χ1n) is 6.39. The molecule has 2 aromatic rings. The summed E-state index contributed by atoms with van der Waals surface area (Å²) in [5, 5.41) is 13.8. The Morgan fingerprint density at radius 3 is 2.60 bits per heavy atom. The zero-order valence-corrected chi connectivity index (χ0v) is 11.2. The smallest absolute Gasteiger partial charge is 0.269 e. The van der Waals surface area contributed by atoms with Gasteiger partial charge in [-0.3, -0.25) is 10.1 Å².